The minimum atomic E-state index is 0.744. The maximum atomic E-state index is 2.43. The summed E-state index contributed by atoms with van der Waals surface area (Å²) in [6, 6.07) is 0. The van der Waals surface area contributed by atoms with Crippen molar-refractivity contribution in [3.05, 3.63) is 6.42 Å². The molecule has 0 N–H and O–H groups in total. The molecule has 0 amide bonds. The maximum absolute atomic E-state index is 2.43. The third-order valence-corrected chi connectivity index (χ3v) is 1.56. The molecule has 0 spiro atoms. The average molecular weight is 141 g/mol. The maximum Gasteiger partial charge on any atom is -0.0493 e. The first-order valence-corrected chi connectivity index (χ1v) is 4.37. The van der Waals surface area contributed by atoms with Gasteiger partial charge in [-0.3, -0.25) is 0 Å². The van der Waals surface area contributed by atoms with Gasteiger partial charge in [0.15, 0.2) is 0 Å². The van der Waals surface area contributed by atoms with E-state index < -0.39 is 0 Å². The molecule has 0 aromatic heterocycles. The van der Waals surface area contributed by atoms with Crippen molar-refractivity contribution in [2.24, 2.45) is 17.8 Å². The van der Waals surface area contributed by atoms with E-state index in [2.05, 4.69) is 41.0 Å². The van der Waals surface area contributed by atoms with Gasteiger partial charge in [-0.2, -0.15) is 11.8 Å². The van der Waals surface area contributed by atoms with Crippen molar-refractivity contribution in [2.45, 2.75) is 41.0 Å². The fourth-order valence-corrected chi connectivity index (χ4v) is 1.48. The van der Waals surface area contributed by atoms with E-state index in [1.165, 1.54) is 6.42 Å². The normalized spacial score (nSPS) is 14.7. The van der Waals surface area contributed by atoms with Crippen molar-refractivity contribution in [3.8, 4) is 0 Å². The van der Waals surface area contributed by atoms with Crippen LogP contribution in [0.15, 0.2) is 0 Å². The van der Waals surface area contributed by atoms with Crippen LogP contribution in [-0.4, -0.2) is 0 Å². The smallest absolute Gasteiger partial charge is 0.0493 e. The van der Waals surface area contributed by atoms with Gasteiger partial charge in [0.05, 0.1) is 0 Å². The van der Waals surface area contributed by atoms with Gasteiger partial charge in [-0.15, -0.1) is 0 Å². The minimum absolute atomic E-state index is 0.744. The highest BCUT2D eigenvalue weighted by atomic mass is 14.1. The quantitative estimate of drug-likeness (QED) is 0.525. The van der Waals surface area contributed by atoms with Gasteiger partial charge in [0.2, 0.25) is 0 Å². The molecule has 0 aromatic carbocycles. The van der Waals surface area contributed by atoms with Crippen LogP contribution >= 0.6 is 0 Å². The highest BCUT2D eigenvalue weighted by molar-refractivity contribution is 4.76. The molecule has 10 heavy (non-hydrogen) atoms. The van der Waals surface area contributed by atoms with Gasteiger partial charge < -0.3 is 6.42 Å². The number of hydrogen-bond acceptors (Lipinski definition) is 0. The summed E-state index contributed by atoms with van der Waals surface area (Å²) >= 11 is 0. The first kappa shape index (κ1) is 10.0. The Morgan fingerprint density at radius 3 is 1.80 bits per heavy atom. The Morgan fingerprint density at radius 2 is 1.50 bits per heavy atom. The van der Waals surface area contributed by atoms with Gasteiger partial charge in [-0.1, -0.05) is 41.0 Å². The Balaban J connectivity index is 3.34. The molecule has 0 aliphatic rings. The van der Waals surface area contributed by atoms with Crippen LogP contribution < -0.4 is 0 Å². The van der Waals surface area contributed by atoms with E-state index in [4.69, 9.17) is 0 Å². The van der Waals surface area contributed by atoms with Gasteiger partial charge in [0.1, 0.15) is 0 Å². The molecule has 0 saturated heterocycles. The highest BCUT2D eigenvalue weighted by Crippen LogP contribution is 2.17. The van der Waals surface area contributed by atoms with Gasteiger partial charge in [-0.25, -0.2) is 0 Å². The molecule has 0 rings (SSSR count). The zero-order chi connectivity index (χ0) is 8.15. The Kier molecular flexibility index (Phi) is 4.76. The Bertz CT molecular complexity index is 62.1. The second-order valence-corrected chi connectivity index (χ2v) is 4.04. The van der Waals surface area contributed by atoms with Crippen LogP contribution in [0, 0.1) is 24.2 Å². The van der Waals surface area contributed by atoms with Crippen LogP contribution in [0.3, 0.4) is 0 Å². The summed E-state index contributed by atoms with van der Waals surface area (Å²) in [5, 5.41) is 0. The molecule has 0 fully saturated rings. The first-order valence-electron chi connectivity index (χ1n) is 4.37. The number of hydrogen-bond donors (Lipinski definition) is 0. The molecule has 0 bridgehead atoms. The van der Waals surface area contributed by atoms with Crippen LogP contribution in [0.25, 0.3) is 0 Å². The lowest BCUT2D eigenvalue weighted by Gasteiger charge is -2.26. The van der Waals surface area contributed by atoms with Crippen LogP contribution in [0.4, 0.5) is 0 Å². The largest absolute Gasteiger partial charge is 0.323 e. The molecule has 0 nitrogen and oxygen atoms in total. The van der Waals surface area contributed by atoms with E-state index >= 15 is 0 Å². The number of rotatable bonds is 4. The van der Waals surface area contributed by atoms with E-state index in [9.17, 15) is 0 Å². The molecule has 0 heteroatoms. The fraction of sp³-hybridized carbons (Fsp3) is 0.900. The SMILES string of the molecule is CC(C)[CH-]C(C)CC(C)C. The van der Waals surface area contributed by atoms with Crippen LogP contribution in [-0.2, 0) is 0 Å². The predicted molar refractivity (Wildman–Crippen MR) is 47.8 cm³/mol. The molecular formula is C10H21-. The first-order chi connectivity index (χ1) is 4.52. The van der Waals surface area contributed by atoms with Crippen LogP contribution in [0.2, 0.25) is 0 Å². The van der Waals surface area contributed by atoms with Gasteiger partial charge >= 0.3 is 0 Å². The topological polar surface area (TPSA) is 0 Å². The molecule has 0 aliphatic heterocycles. The van der Waals surface area contributed by atoms with Crippen molar-refractivity contribution in [3.63, 3.8) is 0 Å². The van der Waals surface area contributed by atoms with Crippen LogP contribution in [0.1, 0.15) is 41.0 Å². The highest BCUT2D eigenvalue weighted by Gasteiger charge is 1.97. The molecule has 62 valence electrons. The van der Waals surface area contributed by atoms with E-state index in [0.717, 1.165) is 17.8 Å². The van der Waals surface area contributed by atoms with E-state index in [1.54, 1.807) is 0 Å². The molecule has 0 radical (unpaired) electrons. The average Bonchev–Trinajstić information content (AvgIpc) is 1.58. The standard InChI is InChI=1S/C10H21/c1-8(2)6-10(5)7-9(3)4/h6,8-10H,7H2,1-5H3/q-1. The summed E-state index contributed by atoms with van der Waals surface area (Å²) in [6.07, 6.45) is 3.76. The molecule has 1 unspecified atom stereocenters. The molecule has 0 heterocycles. The Morgan fingerprint density at radius 1 is 1.00 bits per heavy atom. The molecule has 0 aromatic rings. The predicted octanol–water partition coefficient (Wildman–Crippen LogP) is 3.53. The summed E-state index contributed by atoms with van der Waals surface area (Å²) in [7, 11) is 0. The van der Waals surface area contributed by atoms with Crippen molar-refractivity contribution in [1.82, 2.24) is 0 Å². The summed E-state index contributed by atoms with van der Waals surface area (Å²) in [4.78, 5) is 0. The molecule has 0 aliphatic carbocycles. The van der Waals surface area contributed by atoms with Crippen molar-refractivity contribution in [2.75, 3.05) is 0 Å². The second-order valence-electron chi connectivity index (χ2n) is 4.04. The van der Waals surface area contributed by atoms with Crippen molar-refractivity contribution < 1.29 is 0 Å². The Labute approximate surface area is 66.0 Å². The summed E-state index contributed by atoms with van der Waals surface area (Å²) in [5.74, 6) is 2.37. The fourth-order valence-electron chi connectivity index (χ4n) is 1.48. The second kappa shape index (κ2) is 4.76. The van der Waals surface area contributed by atoms with E-state index in [0.29, 0.717) is 0 Å². The zero-order valence-electron chi connectivity index (χ0n) is 8.02. The third-order valence-electron chi connectivity index (χ3n) is 1.56. The lowest BCUT2D eigenvalue weighted by molar-refractivity contribution is 0.451. The third kappa shape index (κ3) is 6.12. The van der Waals surface area contributed by atoms with Crippen molar-refractivity contribution in [1.29, 1.82) is 0 Å². The zero-order valence-corrected chi connectivity index (χ0v) is 8.02. The molecule has 0 saturated carbocycles. The Hall–Kier alpha value is 0. The van der Waals surface area contributed by atoms with Crippen LogP contribution in [0.5, 0.6) is 0 Å². The lowest BCUT2D eigenvalue weighted by atomic mass is 9.91. The monoisotopic (exact) mass is 141 g/mol. The van der Waals surface area contributed by atoms with E-state index in [-0.39, 0.29) is 0 Å². The van der Waals surface area contributed by atoms with Gasteiger partial charge in [0, 0.05) is 0 Å². The van der Waals surface area contributed by atoms with Crippen molar-refractivity contribution >= 4 is 0 Å². The molecular weight excluding hydrogens is 120 g/mol. The minimum Gasteiger partial charge on any atom is -0.323 e. The molecule has 1 atom stereocenters. The lowest BCUT2D eigenvalue weighted by Crippen LogP contribution is -2.04. The summed E-state index contributed by atoms with van der Waals surface area (Å²) in [5.41, 5.74) is 0. The van der Waals surface area contributed by atoms with Gasteiger partial charge in [-0.05, 0) is 5.92 Å². The van der Waals surface area contributed by atoms with Gasteiger partial charge in [0.25, 0.3) is 0 Å². The van der Waals surface area contributed by atoms with E-state index in [1.807, 2.05) is 0 Å². The summed E-state index contributed by atoms with van der Waals surface area (Å²) in [6.45, 7) is 11.4. The summed E-state index contributed by atoms with van der Waals surface area (Å²) < 4.78 is 0.